The van der Waals surface area contributed by atoms with E-state index in [1.165, 1.54) is 74.1 Å². The predicted molar refractivity (Wildman–Crippen MR) is 89.1 cm³/mol. The lowest BCUT2D eigenvalue weighted by Gasteiger charge is -2.06. The molecule has 2 rings (SSSR count). The van der Waals surface area contributed by atoms with Crippen molar-refractivity contribution in [2.75, 3.05) is 0 Å². The average molecular weight is 267 g/mol. The van der Waals surface area contributed by atoms with Crippen molar-refractivity contribution in [2.45, 2.75) is 64.7 Å². The van der Waals surface area contributed by atoms with Gasteiger partial charge in [0.25, 0.3) is 0 Å². The van der Waals surface area contributed by atoms with Gasteiger partial charge in [-0.1, -0.05) is 88.3 Å². The van der Waals surface area contributed by atoms with Crippen LogP contribution in [0.4, 0.5) is 0 Å². The normalized spacial score (nSPS) is 11.1. The maximum atomic E-state index is 3.32. The highest BCUT2D eigenvalue weighted by Crippen LogP contribution is 2.20. The Labute approximate surface area is 124 Å². The zero-order valence-corrected chi connectivity index (χ0v) is 12.8. The van der Waals surface area contributed by atoms with Crippen molar-refractivity contribution in [3.8, 4) is 0 Å². The highest BCUT2D eigenvalue weighted by atomic mass is 14.0. The van der Waals surface area contributed by atoms with Gasteiger partial charge in [-0.25, -0.2) is 0 Å². The van der Waals surface area contributed by atoms with Gasteiger partial charge >= 0.3 is 0 Å². The van der Waals surface area contributed by atoms with Crippen molar-refractivity contribution >= 4 is 10.8 Å². The maximum absolute atomic E-state index is 3.32. The SMILES string of the molecule is CCCCCCCCCCc1cccc2[c]cccc12. The summed E-state index contributed by atoms with van der Waals surface area (Å²) in [5.41, 5.74) is 1.49. The summed E-state index contributed by atoms with van der Waals surface area (Å²) in [6.07, 6.45) is 12.3. The smallest absolute Gasteiger partial charge is 0.00991 e. The third kappa shape index (κ3) is 4.67. The lowest BCUT2D eigenvalue weighted by molar-refractivity contribution is 0.576. The molecule has 0 N–H and O–H groups in total. The van der Waals surface area contributed by atoms with Crippen LogP contribution in [0.5, 0.6) is 0 Å². The largest absolute Gasteiger partial charge is 0.0654 e. The van der Waals surface area contributed by atoms with Crippen molar-refractivity contribution in [3.63, 3.8) is 0 Å². The van der Waals surface area contributed by atoms with Gasteiger partial charge in [0.2, 0.25) is 0 Å². The summed E-state index contributed by atoms with van der Waals surface area (Å²) in [7, 11) is 0. The number of unbranched alkanes of at least 4 members (excludes halogenated alkanes) is 7. The summed E-state index contributed by atoms with van der Waals surface area (Å²) in [5, 5.41) is 2.64. The summed E-state index contributed by atoms with van der Waals surface area (Å²) in [4.78, 5) is 0. The number of aryl methyl sites for hydroxylation is 1. The first-order valence-corrected chi connectivity index (χ1v) is 8.30. The molecule has 0 aliphatic heterocycles. The third-order valence-electron chi connectivity index (χ3n) is 4.09. The predicted octanol–water partition coefficient (Wildman–Crippen LogP) is 6.32. The molecule has 1 radical (unpaired) electrons. The molecule has 0 saturated heterocycles. The van der Waals surface area contributed by atoms with Crippen LogP contribution in [-0.2, 0) is 6.42 Å². The molecule has 2 aromatic carbocycles. The van der Waals surface area contributed by atoms with E-state index in [4.69, 9.17) is 0 Å². The molecule has 0 nitrogen and oxygen atoms in total. The van der Waals surface area contributed by atoms with E-state index in [0.717, 1.165) is 0 Å². The van der Waals surface area contributed by atoms with Crippen LogP contribution >= 0.6 is 0 Å². The minimum Gasteiger partial charge on any atom is -0.0654 e. The Morgan fingerprint density at radius 2 is 1.55 bits per heavy atom. The fourth-order valence-corrected chi connectivity index (χ4v) is 2.89. The summed E-state index contributed by atoms with van der Waals surface area (Å²) in [6.45, 7) is 2.28. The summed E-state index contributed by atoms with van der Waals surface area (Å²) < 4.78 is 0. The van der Waals surface area contributed by atoms with E-state index >= 15 is 0 Å². The third-order valence-corrected chi connectivity index (χ3v) is 4.09. The van der Waals surface area contributed by atoms with Crippen molar-refractivity contribution in [3.05, 3.63) is 48.0 Å². The van der Waals surface area contributed by atoms with Crippen molar-refractivity contribution in [1.29, 1.82) is 0 Å². The number of fused-ring (bicyclic) bond motifs is 1. The molecular weight excluding hydrogens is 240 g/mol. The first-order chi connectivity index (χ1) is 9.92. The summed E-state index contributed by atoms with van der Waals surface area (Å²) in [5.74, 6) is 0. The Kier molecular flexibility index (Phi) is 6.63. The minimum absolute atomic E-state index is 1.21. The van der Waals surface area contributed by atoms with Crippen LogP contribution in [0.25, 0.3) is 10.8 Å². The lowest BCUT2D eigenvalue weighted by atomic mass is 9.99. The Morgan fingerprint density at radius 3 is 2.35 bits per heavy atom. The first kappa shape index (κ1) is 15.1. The number of benzene rings is 2. The molecule has 0 heterocycles. The van der Waals surface area contributed by atoms with Crippen LogP contribution in [0.3, 0.4) is 0 Å². The topological polar surface area (TPSA) is 0 Å². The van der Waals surface area contributed by atoms with Crippen molar-refractivity contribution in [1.82, 2.24) is 0 Å². The van der Waals surface area contributed by atoms with Crippen LogP contribution in [-0.4, -0.2) is 0 Å². The Hall–Kier alpha value is -1.30. The second kappa shape index (κ2) is 8.79. The van der Waals surface area contributed by atoms with E-state index in [1.807, 2.05) is 6.07 Å². The lowest BCUT2D eigenvalue weighted by Crippen LogP contribution is -1.88. The number of rotatable bonds is 9. The molecule has 0 heteroatoms. The number of hydrogen-bond donors (Lipinski definition) is 0. The van der Waals surface area contributed by atoms with Crippen LogP contribution in [0, 0.1) is 6.07 Å². The second-order valence-electron chi connectivity index (χ2n) is 5.77. The van der Waals surface area contributed by atoms with E-state index < -0.39 is 0 Å². The molecule has 0 spiro atoms. The molecule has 20 heavy (non-hydrogen) atoms. The molecule has 2 aromatic rings. The molecular formula is C20H27. The highest BCUT2D eigenvalue weighted by molar-refractivity contribution is 5.85. The van der Waals surface area contributed by atoms with Gasteiger partial charge in [0.1, 0.15) is 0 Å². The molecule has 0 fully saturated rings. The quantitative estimate of drug-likeness (QED) is 0.466. The Balaban J connectivity index is 1.71. The van der Waals surface area contributed by atoms with Gasteiger partial charge in [-0.05, 0) is 35.2 Å². The Bertz CT molecular complexity index is 493. The van der Waals surface area contributed by atoms with Gasteiger partial charge in [0.05, 0.1) is 0 Å². The van der Waals surface area contributed by atoms with E-state index in [2.05, 4.69) is 43.3 Å². The van der Waals surface area contributed by atoms with Gasteiger partial charge in [0.15, 0.2) is 0 Å². The monoisotopic (exact) mass is 267 g/mol. The van der Waals surface area contributed by atoms with Gasteiger partial charge in [-0.15, -0.1) is 0 Å². The molecule has 0 aliphatic rings. The molecule has 0 unspecified atom stereocenters. The van der Waals surface area contributed by atoms with E-state index in [0.29, 0.717) is 0 Å². The molecule has 107 valence electrons. The van der Waals surface area contributed by atoms with Gasteiger partial charge in [0, 0.05) is 0 Å². The Morgan fingerprint density at radius 1 is 0.800 bits per heavy atom. The van der Waals surface area contributed by atoms with E-state index in [-0.39, 0.29) is 0 Å². The molecule has 0 amide bonds. The zero-order valence-electron chi connectivity index (χ0n) is 12.8. The molecule has 0 saturated carbocycles. The second-order valence-corrected chi connectivity index (χ2v) is 5.77. The maximum Gasteiger partial charge on any atom is -0.00991 e. The number of hydrogen-bond acceptors (Lipinski definition) is 0. The summed E-state index contributed by atoms with van der Waals surface area (Å²) in [6, 6.07) is 16.2. The van der Waals surface area contributed by atoms with Crippen molar-refractivity contribution in [2.24, 2.45) is 0 Å². The van der Waals surface area contributed by atoms with Gasteiger partial charge in [-0.3, -0.25) is 0 Å². The van der Waals surface area contributed by atoms with Crippen LogP contribution in [0.1, 0.15) is 63.9 Å². The van der Waals surface area contributed by atoms with Crippen LogP contribution < -0.4 is 0 Å². The minimum atomic E-state index is 1.21. The van der Waals surface area contributed by atoms with Crippen LogP contribution in [0.2, 0.25) is 0 Å². The van der Waals surface area contributed by atoms with Crippen LogP contribution in [0.15, 0.2) is 36.4 Å². The standard InChI is InChI=1S/C20H27/c1-2-3-4-5-6-7-8-9-13-18-15-12-16-19-14-10-11-17-20(18)19/h10-12,15-17H,2-9,13H2,1H3. The first-order valence-electron chi connectivity index (χ1n) is 8.30. The fraction of sp³-hybridized carbons (Fsp3) is 0.500. The molecule has 0 aliphatic carbocycles. The van der Waals surface area contributed by atoms with E-state index in [1.54, 1.807) is 0 Å². The summed E-state index contributed by atoms with van der Waals surface area (Å²) >= 11 is 0. The van der Waals surface area contributed by atoms with E-state index in [9.17, 15) is 0 Å². The molecule has 0 atom stereocenters. The fourth-order valence-electron chi connectivity index (χ4n) is 2.89. The van der Waals surface area contributed by atoms with Crippen molar-refractivity contribution < 1.29 is 0 Å². The highest BCUT2D eigenvalue weighted by Gasteiger charge is 2.00. The van der Waals surface area contributed by atoms with Gasteiger partial charge in [-0.2, -0.15) is 0 Å². The molecule has 0 bridgehead atoms. The average Bonchev–Trinajstić information content (AvgIpc) is 2.50. The van der Waals surface area contributed by atoms with Gasteiger partial charge < -0.3 is 0 Å². The zero-order chi connectivity index (χ0) is 14.0. The molecule has 0 aromatic heterocycles.